The maximum Gasteiger partial charge on any atom is 0.0825 e. The summed E-state index contributed by atoms with van der Waals surface area (Å²) in [6, 6.07) is 0. The zero-order valence-electron chi connectivity index (χ0n) is 22.3. The highest BCUT2D eigenvalue weighted by molar-refractivity contribution is 5.31. The van der Waals surface area contributed by atoms with Gasteiger partial charge in [-0.3, -0.25) is 0 Å². The highest BCUT2D eigenvalue weighted by Gasteiger charge is 2.50. The Kier molecular flexibility index (Phi) is 9.79. The molecule has 0 aromatic rings. The molecule has 0 aromatic carbocycles. The van der Waals surface area contributed by atoms with E-state index in [4.69, 9.17) is 5.11 Å². The van der Waals surface area contributed by atoms with Crippen molar-refractivity contribution in [3.63, 3.8) is 0 Å². The van der Waals surface area contributed by atoms with E-state index in [1.54, 1.807) is 0 Å². The van der Waals surface area contributed by atoms with Gasteiger partial charge in [0.1, 0.15) is 0 Å². The molecule has 0 radical (unpaired) electrons. The topological polar surface area (TPSA) is 80.9 Å². The lowest BCUT2D eigenvalue weighted by molar-refractivity contribution is 0.0828. The Morgan fingerprint density at radius 3 is 2.37 bits per heavy atom. The number of aliphatic hydroxyl groups is 4. The SMILES string of the molecule is CCC(O)(/C=C/C=C/[C@@H](C)[C@H]1CC[C@H]2/C(=C\C=C3C[C@@H](O)C(=CCO)[C@H](O)C3)CCC[C@]12C)CC. The van der Waals surface area contributed by atoms with Crippen LogP contribution in [0.1, 0.15) is 85.5 Å². The van der Waals surface area contributed by atoms with Crippen molar-refractivity contribution in [3.8, 4) is 0 Å². The summed E-state index contributed by atoms with van der Waals surface area (Å²) in [5.41, 5.74) is 2.76. The number of allylic oxidation sites excluding steroid dienone is 6. The van der Waals surface area contributed by atoms with Crippen LogP contribution in [-0.2, 0) is 0 Å². The molecule has 0 unspecified atom stereocenters. The number of fused-ring (bicyclic) bond motifs is 1. The van der Waals surface area contributed by atoms with Crippen LogP contribution in [0.15, 0.2) is 59.3 Å². The minimum Gasteiger partial charge on any atom is -0.392 e. The van der Waals surface area contributed by atoms with Crippen molar-refractivity contribution in [2.45, 2.75) is 103 Å². The van der Waals surface area contributed by atoms with Gasteiger partial charge in [0.15, 0.2) is 0 Å². The summed E-state index contributed by atoms with van der Waals surface area (Å²) in [6.45, 7) is 8.72. The predicted octanol–water partition coefficient (Wildman–Crippen LogP) is 5.79. The van der Waals surface area contributed by atoms with Crippen LogP contribution in [-0.4, -0.2) is 44.8 Å². The average molecular weight is 485 g/mol. The Morgan fingerprint density at radius 1 is 1.06 bits per heavy atom. The second-order valence-corrected chi connectivity index (χ2v) is 11.4. The molecule has 0 saturated heterocycles. The van der Waals surface area contributed by atoms with Crippen molar-refractivity contribution in [2.75, 3.05) is 6.61 Å². The molecule has 3 saturated carbocycles. The number of hydrogen-bond donors (Lipinski definition) is 4. The molecule has 3 aliphatic rings. The van der Waals surface area contributed by atoms with E-state index >= 15 is 0 Å². The smallest absolute Gasteiger partial charge is 0.0825 e. The summed E-state index contributed by atoms with van der Waals surface area (Å²) >= 11 is 0. The molecule has 4 nitrogen and oxygen atoms in total. The third-order valence-corrected chi connectivity index (χ3v) is 9.37. The lowest BCUT2D eigenvalue weighted by atomic mass is 9.61. The van der Waals surface area contributed by atoms with Gasteiger partial charge in [-0.25, -0.2) is 0 Å². The summed E-state index contributed by atoms with van der Waals surface area (Å²) in [6.07, 6.45) is 21.5. The van der Waals surface area contributed by atoms with Gasteiger partial charge in [-0.1, -0.05) is 81.4 Å². The molecule has 4 heteroatoms. The van der Waals surface area contributed by atoms with Gasteiger partial charge in [0.25, 0.3) is 0 Å². The van der Waals surface area contributed by atoms with Crippen molar-refractivity contribution in [1.82, 2.24) is 0 Å². The summed E-state index contributed by atoms with van der Waals surface area (Å²) in [4.78, 5) is 0. The van der Waals surface area contributed by atoms with Crippen LogP contribution in [0, 0.1) is 23.2 Å². The molecular weight excluding hydrogens is 436 g/mol. The molecule has 0 heterocycles. The molecular formula is C31H48O4. The third kappa shape index (κ3) is 6.46. The molecule has 3 rings (SSSR count). The summed E-state index contributed by atoms with van der Waals surface area (Å²) < 4.78 is 0. The molecule has 0 aliphatic heterocycles. The highest BCUT2D eigenvalue weighted by atomic mass is 16.3. The van der Waals surface area contributed by atoms with Crippen LogP contribution in [0.3, 0.4) is 0 Å². The Morgan fingerprint density at radius 2 is 1.74 bits per heavy atom. The first kappa shape index (κ1) is 28.1. The molecule has 0 spiro atoms. The Balaban J connectivity index is 1.69. The fraction of sp³-hybridized carbons (Fsp3) is 0.677. The standard InChI is InChI=1S/C31H48O4/c1-5-31(35,6-2)18-8-7-10-22(3)26-14-15-27-24(11-9-17-30(26,27)4)13-12-23-20-28(33)25(16-19-32)29(34)21-23/h7-8,10,12-13,16,18,22,26-29,32-35H,5-6,9,11,14-15,17,19-21H2,1-4H3/b10-7+,18-8+,23-12?,24-13-,25-16?/t22-,26-,27+,28-,29-,30-/m1/s1. The fourth-order valence-electron chi connectivity index (χ4n) is 7.01. The van der Waals surface area contributed by atoms with E-state index in [1.807, 2.05) is 26.0 Å². The van der Waals surface area contributed by atoms with Crippen molar-refractivity contribution in [3.05, 3.63) is 59.3 Å². The maximum atomic E-state index is 10.5. The normalized spacial score (nSPS) is 34.1. The zero-order valence-corrected chi connectivity index (χ0v) is 22.3. The molecule has 196 valence electrons. The summed E-state index contributed by atoms with van der Waals surface area (Å²) in [5.74, 6) is 1.73. The van der Waals surface area contributed by atoms with Crippen molar-refractivity contribution < 1.29 is 20.4 Å². The highest BCUT2D eigenvalue weighted by Crippen LogP contribution is 2.59. The van der Waals surface area contributed by atoms with Crippen molar-refractivity contribution in [2.24, 2.45) is 23.2 Å². The van der Waals surface area contributed by atoms with E-state index in [9.17, 15) is 15.3 Å². The maximum absolute atomic E-state index is 10.5. The Bertz CT molecular complexity index is 843. The van der Waals surface area contributed by atoms with Crippen LogP contribution in [0.25, 0.3) is 0 Å². The number of rotatable bonds is 8. The van der Waals surface area contributed by atoms with Gasteiger partial charge in [-0.2, -0.15) is 0 Å². The first-order valence-electron chi connectivity index (χ1n) is 13.8. The molecule has 4 N–H and O–H groups in total. The fourth-order valence-corrected chi connectivity index (χ4v) is 7.01. The number of aliphatic hydroxyl groups excluding tert-OH is 3. The molecule has 3 aliphatic carbocycles. The van der Waals surface area contributed by atoms with E-state index in [0.29, 0.717) is 41.6 Å². The lowest BCUT2D eigenvalue weighted by Crippen LogP contribution is -2.35. The second kappa shape index (κ2) is 12.2. The minimum absolute atomic E-state index is 0.155. The largest absolute Gasteiger partial charge is 0.392 e. The summed E-state index contributed by atoms with van der Waals surface area (Å²) in [5, 5.41) is 40.4. The zero-order chi connectivity index (χ0) is 25.6. The second-order valence-electron chi connectivity index (χ2n) is 11.4. The van der Waals surface area contributed by atoms with E-state index in [1.165, 1.54) is 37.3 Å². The molecule has 0 bridgehead atoms. The first-order chi connectivity index (χ1) is 16.7. The van der Waals surface area contributed by atoms with Gasteiger partial charge in [0, 0.05) is 0 Å². The van der Waals surface area contributed by atoms with Gasteiger partial charge in [0.05, 0.1) is 24.4 Å². The van der Waals surface area contributed by atoms with Crippen LogP contribution >= 0.6 is 0 Å². The van der Waals surface area contributed by atoms with Gasteiger partial charge < -0.3 is 20.4 Å². The van der Waals surface area contributed by atoms with Crippen molar-refractivity contribution >= 4 is 0 Å². The van der Waals surface area contributed by atoms with Gasteiger partial charge in [-0.15, -0.1) is 0 Å². The van der Waals surface area contributed by atoms with Crippen LogP contribution in [0.5, 0.6) is 0 Å². The Hall–Kier alpha value is -1.46. The number of hydrogen-bond acceptors (Lipinski definition) is 4. The first-order valence-corrected chi connectivity index (χ1v) is 13.8. The van der Waals surface area contributed by atoms with Crippen molar-refractivity contribution in [1.29, 1.82) is 0 Å². The monoisotopic (exact) mass is 484 g/mol. The molecule has 35 heavy (non-hydrogen) atoms. The molecule has 0 aromatic heterocycles. The minimum atomic E-state index is -0.713. The van der Waals surface area contributed by atoms with Gasteiger partial charge in [-0.05, 0) is 86.5 Å². The van der Waals surface area contributed by atoms with E-state index in [0.717, 1.165) is 24.8 Å². The molecule has 3 fully saturated rings. The quantitative estimate of drug-likeness (QED) is 0.260. The van der Waals surface area contributed by atoms with Crippen LogP contribution in [0.2, 0.25) is 0 Å². The van der Waals surface area contributed by atoms with E-state index in [-0.39, 0.29) is 6.61 Å². The third-order valence-electron chi connectivity index (χ3n) is 9.37. The van der Waals surface area contributed by atoms with E-state index < -0.39 is 17.8 Å². The van der Waals surface area contributed by atoms with E-state index in [2.05, 4.69) is 38.2 Å². The summed E-state index contributed by atoms with van der Waals surface area (Å²) in [7, 11) is 0. The predicted molar refractivity (Wildman–Crippen MR) is 144 cm³/mol. The molecule has 6 atom stereocenters. The van der Waals surface area contributed by atoms with Crippen LogP contribution < -0.4 is 0 Å². The van der Waals surface area contributed by atoms with Gasteiger partial charge in [0.2, 0.25) is 0 Å². The average Bonchev–Trinajstić information content (AvgIpc) is 3.20. The lowest BCUT2D eigenvalue weighted by Gasteiger charge is -2.44. The van der Waals surface area contributed by atoms with Crippen LogP contribution in [0.4, 0.5) is 0 Å². The molecule has 0 amide bonds. The van der Waals surface area contributed by atoms with Gasteiger partial charge >= 0.3 is 0 Å². The Labute approximate surface area is 212 Å².